The molecule has 30 heavy (non-hydrogen) atoms. The molecule has 0 N–H and O–H groups in total. The lowest BCUT2D eigenvalue weighted by atomic mass is 9.98. The monoisotopic (exact) mass is 423 g/mol. The van der Waals surface area contributed by atoms with Crippen molar-refractivity contribution in [2.24, 2.45) is 0 Å². The maximum absolute atomic E-state index is 13.2. The van der Waals surface area contributed by atoms with Gasteiger partial charge in [-0.3, -0.25) is 4.79 Å². The number of rotatable bonds is 5. The number of hydrogen-bond donors (Lipinski definition) is 0. The first-order valence-electron chi connectivity index (χ1n) is 9.76. The highest BCUT2D eigenvalue weighted by Gasteiger charge is 2.40. The molecule has 5 rings (SSSR count). The number of amides is 1. The van der Waals surface area contributed by atoms with Crippen LogP contribution in [0, 0.1) is 0 Å². The molecular formula is C22H18ClN3O4. The molecule has 1 atom stereocenters. The van der Waals surface area contributed by atoms with Crippen LogP contribution in [0.5, 0.6) is 0 Å². The van der Waals surface area contributed by atoms with Gasteiger partial charge in [-0.25, -0.2) is 4.79 Å². The smallest absolute Gasteiger partial charge is 0.339 e. The summed E-state index contributed by atoms with van der Waals surface area (Å²) in [6.07, 6.45) is 1.33. The molecule has 2 heterocycles. The van der Waals surface area contributed by atoms with Crippen molar-refractivity contribution in [3.8, 4) is 11.5 Å². The van der Waals surface area contributed by atoms with Gasteiger partial charge in [0.05, 0.1) is 12.1 Å². The minimum atomic E-state index is -0.841. The molecule has 3 aromatic rings. The Morgan fingerprint density at radius 2 is 1.87 bits per heavy atom. The highest BCUT2D eigenvalue weighted by Crippen LogP contribution is 2.31. The predicted octanol–water partition coefficient (Wildman–Crippen LogP) is 3.66. The van der Waals surface area contributed by atoms with Crippen molar-refractivity contribution in [1.29, 1.82) is 0 Å². The van der Waals surface area contributed by atoms with E-state index >= 15 is 0 Å². The molecule has 0 saturated heterocycles. The minimum Gasteiger partial charge on any atom is -0.448 e. The predicted molar refractivity (Wildman–Crippen MR) is 108 cm³/mol. The molecule has 1 saturated carbocycles. The van der Waals surface area contributed by atoms with Gasteiger partial charge < -0.3 is 14.1 Å². The summed E-state index contributed by atoms with van der Waals surface area (Å²) in [6.45, 7) is 0.180. The van der Waals surface area contributed by atoms with Crippen LogP contribution in [0.25, 0.3) is 11.5 Å². The lowest BCUT2D eigenvalue weighted by molar-refractivity contribution is -0.142. The van der Waals surface area contributed by atoms with Crippen LogP contribution < -0.4 is 0 Å². The quantitative estimate of drug-likeness (QED) is 0.582. The van der Waals surface area contributed by atoms with E-state index in [1.807, 2.05) is 12.1 Å². The summed E-state index contributed by atoms with van der Waals surface area (Å²) >= 11 is 5.92. The van der Waals surface area contributed by atoms with Crippen LogP contribution in [0.2, 0.25) is 5.02 Å². The van der Waals surface area contributed by atoms with Crippen LogP contribution in [-0.4, -0.2) is 39.1 Å². The van der Waals surface area contributed by atoms with Gasteiger partial charge in [0.1, 0.15) is 0 Å². The Bertz CT molecular complexity index is 1110. The topological polar surface area (TPSA) is 85.5 Å². The van der Waals surface area contributed by atoms with E-state index in [1.165, 1.54) is 0 Å². The van der Waals surface area contributed by atoms with Crippen molar-refractivity contribution in [3.05, 3.63) is 70.6 Å². The zero-order valence-corrected chi connectivity index (χ0v) is 16.7. The average Bonchev–Trinajstić information content (AvgIpc) is 3.50. The Morgan fingerprint density at radius 1 is 1.10 bits per heavy atom. The molecule has 1 fully saturated rings. The van der Waals surface area contributed by atoms with Crippen molar-refractivity contribution < 1.29 is 18.7 Å². The molecule has 152 valence electrons. The largest absolute Gasteiger partial charge is 0.448 e. The number of esters is 1. The number of nitrogens with zero attached hydrogens (tertiary/aromatic N) is 3. The van der Waals surface area contributed by atoms with Crippen LogP contribution in [-0.2, 0) is 22.5 Å². The zero-order valence-electron chi connectivity index (χ0n) is 16.0. The second-order valence-corrected chi connectivity index (χ2v) is 7.90. The minimum absolute atomic E-state index is 0.0965. The van der Waals surface area contributed by atoms with Gasteiger partial charge in [-0.1, -0.05) is 29.8 Å². The fourth-order valence-corrected chi connectivity index (χ4v) is 3.73. The molecule has 0 spiro atoms. The third kappa shape index (κ3) is 3.68. The Labute approximate surface area is 177 Å². The van der Waals surface area contributed by atoms with E-state index in [2.05, 4.69) is 10.2 Å². The maximum atomic E-state index is 13.2. The van der Waals surface area contributed by atoms with Crippen LogP contribution in [0.1, 0.15) is 34.7 Å². The third-order valence-corrected chi connectivity index (χ3v) is 5.55. The van der Waals surface area contributed by atoms with Crippen molar-refractivity contribution in [3.63, 3.8) is 0 Å². The van der Waals surface area contributed by atoms with Gasteiger partial charge >= 0.3 is 5.97 Å². The Hall–Kier alpha value is -3.19. The third-order valence-electron chi connectivity index (χ3n) is 5.30. The average molecular weight is 424 g/mol. The van der Waals surface area contributed by atoms with Crippen molar-refractivity contribution >= 4 is 23.5 Å². The number of halogens is 1. The number of benzene rings is 2. The number of ether oxygens (including phenoxy) is 1. The van der Waals surface area contributed by atoms with Crippen LogP contribution >= 0.6 is 11.6 Å². The number of carbonyl (C=O) groups is 2. The lowest BCUT2D eigenvalue weighted by Crippen LogP contribution is -2.45. The Morgan fingerprint density at radius 3 is 2.63 bits per heavy atom. The normalized spacial score (nSPS) is 17.9. The summed E-state index contributed by atoms with van der Waals surface area (Å²) in [5, 5.41) is 8.79. The van der Waals surface area contributed by atoms with Gasteiger partial charge in [-0.05, 0) is 48.7 Å². The van der Waals surface area contributed by atoms with E-state index in [4.69, 9.17) is 20.8 Å². The SMILES string of the molecule is O=C1O[C@@H](C(=O)N(Cc2nnc(-c3ccc(Cl)cc3)o2)C2CC2)Cc2ccccc21. The van der Waals surface area contributed by atoms with E-state index in [-0.39, 0.29) is 18.5 Å². The fourth-order valence-electron chi connectivity index (χ4n) is 3.60. The molecule has 2 aromatic carbocycles. The first-order valence-corrected chi connectivity index (χ1v) is 10.1. The molecule has 8 heteroatoms. The second-order valence-electron chi connectivity index (χ2n) is 7.46. The van der Waals surface area contributed by atoms with Crippen molar-refractivity contribution in [2.75, 3.05) is 0 Å². The van der Waals surface area contributed by atoms with E-state index in [0.717, 1.165) is 24.0 Å². The van der Waals surface area contributed by atoms with E-state index in [0.29, 0.717) is 28.8 Å². The Balaban J connectivity index is 1.34. The highest BCUT2D eigenvalue weighted by molar-refractivity contribution is 6.30. The number of hydrogen-bond acceptors (Lipinski definition) is 6. The summed E-state index contributed by atoms with van der Waals surface area (Å²) in [5.74, 6) is 0.00554. The lowest BCUT2D eigenvalue weighted by Gasteiger charge is -2.29. The summed E-state index contributed by atoms with van der Waals surface area (Å²) in [6, 6.07) is 14.4. The number of cyclic esters (lactones) is 1. The van der Waals surface area contributed by atoms with Crippen LogP contribution in [0.4, 0.5) is 0 Å². The van der Waals surface area contributed by atoms with Gasteiger partial charge in [0.25, 0.3) is 5.91 Å². The first kappa shape index (κ1) is 18.8. The van der Waals surface area contributed by atoms with Crippen molar-refractivity contribution in [2.45, 2.75) is 38.0 Å². The highest BCUT2D eigenvalue weighted by atomic mass is 35.5. The second kappa shape index (κ2) is 7.57. The Kier molecular flexibility index (Phi) is 4.75. The summed E-state index contributed by atoms with van der Waals surface area (Å²) in [5.41, 5.74) is 2.09. The molecule has 1 aromatic heterocycles. The summed E-state index contributed by atoms with van der Waals surface area (Å²) in [4.78, 5) is 27.2. The van der Waals surface area contributed by atoms with Crippen LogP contribution in [0.15, 0.2) is 52.9 Å². The molecular weight excluding hydrogens is 406 g/mol. The maximum Gasteiger partial charge on any atom is 0.339 e. The van der Waals surface area contributed by atoms with E-state index in [9.17, 15) is 9.59 Å². The van der Waals surface area contributed by atoms with Crippen molar-refractivity contribution in [1.82, 2.24) is 15.1 Å². The fraction of sp³-hybridized carbons (Fsp3) is 0.273. The number of carbonyl (C=O) groups excluding carboxylic acids is 2. The van der Waals surface area contributed by atoms with E-state index in [1.54, 1.807) is 41.3 Å². The molecule has 1 amide bonds. The van der Waals surface area contributed by atoms with Gasteiger partial charge in [-0.2, -0.15) is 0 Å². The summed E-state index contributed by atoms with van der Waals surface area (Å²) in [7, 11) is 0. The van der Waals surface area contributed by atoms with Gasteiger partial charge in [-0.15, -0.1) is 10.2 Å². The number of fused-ring (bicyclic) bond motifs is 1. The van der Waals surface area contributed by atoms with Gasteiger partial charge in [0.2, 0.25) is 11.8 Å². The molecule has 7 nitrogen and oxygen atoms in total. The molecule has 0 bridgehead atoms. The summed E-state index contributed by atoms with van der Waals surface area (Å²) < 4.78 is 11.2. The van der Waals surface area contributed by atoms with E-state index < -0.39 is 12.1 Å². The molecule has 1 aliphatic heterocycles. The van der Waals surface area contributed by atoms with Gasteiger partial charge in [0, 0.05) is 23.0 Å². The molecule has 0 radical (unpaired) electrons. The van der Waals surface area contributed by atoms with Crippen LogP contribution in [0.3, 0.4) is 0 Å². The van der Waals surface area contributed by atoms with Gasteiger partial charge in [0.15, 0.2) is 6.10 Å². The standard InChI is InChI=1S/C22H18ClN3O4/c23-15-7-5-13(6-8-15)20-25-24-19(30-20)12-26(16-9-10-16)21(27)18-11-14-3-1-2-4-17(14)22(28)29-18/h1-8,16,18H,9-12H2/t18-/m1/s1. The zero-order chi connectivity index (χ0) is 20.7. The molecule has 0 unspecified atom stereocenters. The molecule has 1 aliphatic carbocycles. The first-order chi connectivity index (χ1) is 14.6. The number of aromatic nitrogens is 2. The molecule has 2 aliphatic rings.